The second-order valence-corrected chi connectivity index (χ2v) is 5.64. The van der Waals surface area contributed by atoms with Gasteiger partial charge in [0.2, 0.25) is 0 Å². The first-order chi connectivity index (χ1) is 11.5. The molecule has 3 rings (SSSR count). The molecule has 0 saturated carbocycles. The molecule has 24 heavy (non-hydrogen) atoms. The largest absolute Gasteiger partial charge is 0.363 e. The van der Waals surface area contributed by atoms with Crippen molar-refractivity contribution in [2.24, 2.45) is 0 Å². The van der Waals surface area contributed by atoms with Gasteiger partial charge in [-0.3, -0.25) is 4.79 Å². The summed E-state index contributed by atoms with van der Waals surface area (Å²) >= 11 is 0. The molecule has 0 aliphatic rings. The molecule has 0 radical (unpaired) electrons. The van der Waals surface area contributed by atoms with Crippen LogP contribution in [-0.4, -0.2) is 40.0 Å². The van der Waals surface area contributed by atoms with Crippen molar-refractivity contribution in [1.82, 2.24) is 20.0 Å². The van der Waals surface area contributed by atoms with Crippen LogP contribution in [0.15, 0.2) is 48.8 Å². The van der Waals surface area contributed by atoms with Gasteiger partial charge in [-0.2, -0.15) is 0 Å². The number of pyridine rings is 1. The van der Waals surface area contributed by atoms with Gasteiger partial charge >= 0.3 is 0 Å². The maximum absolute atomic E-state index is 12.3. The first-order valence-electron chi connectivity index (χ1n) is 7.47. The minimum Gasteiger partial charge on any atom is -0.363 e. The number of hydrogen-bond donors (Lipinski definition) is 1. The van der Waals surface area contributed by atoms with Crippen LogP contribution in [0.4, 0.5) is 11.5 Å². The van der Waals surface area contributed by atoms with Gasteiger partial charge in [0, 0.05) is 14.1 Å². The topological polar surface area (TPSA) is 75.9 Å². The van der Waals surface area contributed by atoms with E-state index in [1.165, 1.54) is 0 Å². The zero-order valence-corrected chi connectivity index (χ0v) is 13.8. The van der Waals surface area contributed by atoms with Crippen LogP contribution in [0.2, 0.25) is 0 Å². The Morgan fingerprint density at radius 1 is 1.12 bits per heavy atom. The quantitative estimate of drug-likeness (QED) is 0.797. The SMILES string of the molecule is Cc1ccc(-n2cc(C(=O)Nc3ccc(N(C)C)nc3)nn2)cc1. The third-order valence-electron chi connectivity index (χ3n) is 3.49. The third-order valence-corrected chi connectivity index (χ3v) is 3.49. The van der Waals surface area contributed by atoms with Gasteiger partial charge in [0.25, 0.3) is 5.91 Å². The van der Waals surface area contributed by atoms with Crippen LogP contribution in [0, 0.1) is 6.92 Å². The Morgan fingerprint density at radius 2 is 1.88 bits per heavy atom. The molecule has 7 nitrogen and oxygen atoms in total. The van der Waals surface area contributed by atoms with E-state index in [0.29, 0.717) is 5.69 Å². The van der Waals surface area contributed by atoms with E-state index in [1.54, 1.807) is 23.1 Å². The lowest BCUT2D eigenvalue weighted by Crippen LogP contribution is -2.14. The molecule has 122 valence electrons. The summed E-state index contributed by atoms with van der Waals surface area (Å²) in [7, 11) is 3.81. The van der Waals surface area contributed by atoms with E-state index in [1.807, 2.05) is 56.3 Å². The Labute approximate surface area is 139 Å². The monoisotopic (exact) mass is 322 g/mol. The molecule has 0 fully saturated rings. The lowest BCUT2D eigenvalue weighted by atomic mass is 10.2. The van der Waals surface area contributed by atoms with Crippen molar-refractivity contribution < 1.29 is 4.79 Å². The van der Waals surface area contributed by atoms with Gasteiger partial charge in [0.1, 0.15) is 5.82 Å². The van der Waals surface area contributed by atoms with Gasteiger partial charge in [-0.25, -0.2) is 9.67 Å². The van der Waals surface area contributed by atoms with Crippen molar-refractivity contribution in [3.63, 3.8) is 0 Å². The number of rotatable bonds is 4. The van der Waals surface area contributed by atoms with Crippen LogP contribution in [0.3, 0.4) is 0 Å². The molecule has 2 heterocycles. The van der Waals surface area contributed by atoms with Crippen molar-refractivity contribution in [1.29, 1.82) is 0 Å². The summed E-state index contributed by atoms with van der Waals surface area (Å²) in [4.78, 5) is 18.4. The Bertz CT molecular complexity index is 836. The summed E-state index contributed by atoms with van der Waals surface area (Å²) in [6.45, 7) is 2.01. The molecular formula is C17H18N6O. The molecule has 2 aromatic heterocycles. The zero-order chi connectivity index (χ0) is 17.1. The van der Waals surface area contributed by atoms with E-state index in [0.717, 1.165) is 17.1 Å². The highest BCUT2D eigenvalue weighted by Crippen LogP contribution is 2.13. The van der Waals surface area contributed by atoms with Crippen LogP contribution in [0.25, 0.3) is 5.69 Å². The summed E-state index contributed by atoms with van der Waals surface area (Å²) < 4.78 is 1.57. The first-order valence-corrected chi connectivity index (χ1v) is 7.47. The zero-order valence-electron chi connectivity index (χ0n) is 13.8. The number of nitrogens with one attached hydrogen (secondary N) is 1. The van der Waals surface area contributed by atoms with Crippen LogP contribution in [-0.2, 0) is 0 Å². The van der Waals surface area contributed by atoms with E-state index < -0.39 is 0 Å². The van der Waals surface area contributed by atoms with Gasteiger partial charge in [-0.15, -0.1) is 5.10 Å². The van der Waals surface area contributed by atoms with E-state index >= 15 is 0 Å². The number of anilines is 2. The second-order valence-electron chi connectivity index (χ2n) is 5.64. The number of benzene rings is 1. The summed E-state index contributed by atoms with van der Waals surface area (Å²) in [5, 5.41) is 10.7. The molecular weight excluding hydrogens is 304 g/mol. The molecule has 0 aliphatic heterocycles. The number of amides is 1. The van der Waals surface area contributed by atoms with Crippen LogP contribution in [0.1, 0.15) is 16.1 Å². The average Bonchev–Trinajstić information content (AvgIpc) is 3.06. The van der Waals surface area contributed by atoms with Crippen molar-refractivity contribution in [3.05, 3.63) is 60.0 Å². The fourth-order valence-electron chi connectivity index (χ4n) is 2.11. The van der Waals surface area contributed by atoms with Crippen molar-refractivity contribution in [2.45, 2.75) is 6.92 Å². The molecule has 1 N–H and O–H groups in total. The van der Waals surface area contributed by atoms with Gasteiger partial charge in [-0.05, 0) is 31.2 Å². The Morgan fingerprint density at radius 3 is 2.50 bits per heavy atom. The molecule has 1 amide bonds. The minimum absolute atomic E-state index is 0.243. The number of carbonyl (C=O) groups excluding carboxylic acids is 1. The highest BCUT2D eigenvalue weighted by molar-refractivity contribution is 6.02. The number of hydrogen-bond acceptors (Lipinski definition) is 5. The lowest BCUT2D eigenvalue weighted by Gasteiger charge is -2.11. The van der Waals surface area contributed by atoms with E-state index in [2.05, 4.69) is 20.6 Å². The lowest BCUT2D eigenvalue weighted by molar-refractivity contribution is 0.102. The number of aromatic nitrogens is 4. The van der Waals surface area contributed by atoms with E-state index in [9.17, 15) is 4.79 Å². The van der Waals surface area contributed by atoms with Gasteiger partial charge < -0.3 is 10.2 Å². The molecule has 3 aromatic rings. The molecule has 1 aromatic carbocycles. The maximum Gasteiger partial charge on any atom is 0.277 e. The van der Waals surface area contributed by atoms with Crippen molar-refractivity contribution >= 4 is 17.4 Å². The molecule has 0 unspecified atom stereocenters. The molecule has 0 atom stereocenters. The number of nitrogens with zero attached hydrogens (tertiary/aromatic N) is 5. The third kappa shape index (κ3) is 3.40. The predicted molar refractivity (Wildman–Crippen MR) is 92.6 cm³/mol. The van der Waals surface area contributed by atoms with Gasteiger partial charge in [0.05, 0.1) is 23.8 Å². The first kappa shape index (κ1) is 15.7. The summed E-state index contributed by atoms with van der Waals surface area (Å²) in [5.41, 5.74) is 2.86. The molecule has 0 saturated heterocycles. The Hall–Kier alpha value is -3.22. The Balaban J connectivity index is 1.72. The fraction of sp³-hybridized carbons (Fsp3) is 0.176. The van der Waals surface area contributed by atoms with Crippen LogP contribution >= 0.6 is 0 Å². The van der Waals surface area contributed by atoms with E-state index in [4.69, 9.17) is 0 Å². The Kier molecular flexibility index (Phi) is 4.24. The standard InChI is InChI=1S/C17H18N6O/c1-12-4-7-14(8-5-12)23-11-15(20-21-23)17(24)19-13-6-9-16(18-10-13)22(2)3/h4-11H,1-3H3,(H,19,24). The minimum atomic E-state index is -0.326. The van der Waals surface area contributed by atoms with Gasteiger partial charge in [0.15, 0.2) is 5.69 Å². The van der Waals surface area contributed by atoms with Gasteiger partial charge in [-0.1, -0.05) is 22.9 Å². The summed E-state index contributed by atoms with van der Waals surface area (Å²) in [6, 6.07) is 11.4. The molecule has 0 aliphatic carbocycles. The molecule has 7 heteroatoms. The van der Waals surface area contributed by atoms with Crippen molar-refractivity contribution in [2.75, 3.05) is 24.3 Å². The highest BCUT2D eigenvalue weighted by Gasteiger charge is 2.12. The molecule has 0 bridgehead atoms. The number of aryl methyl sites for hydroxylation is 1. The summed E-state index contributed by atoms with van der Waals surface area (Å²) in [6.07, 6.45) is 3.21. The van der Waals surface area contributed by atoms with E-state index in [-0.39, 0.29) is 11.6 Å². The maximum atomic E-state index is 12.3. The smallest absolute Gasteiger partial charge is 0.277 e. The number of carbonyl (C=O) groups is 1. The average molecular weight is 322 g/mol. The second kappa shape index (κ2) is 6.49. The fourth-order valence-corrected chi connectivity index (χ4v) is 2.11. The van der Waals surface area contributed by atoms with Crippen LogP contribution in [0.5, 0.6) is 0 Å². The van der Waals surface area contributed by atoms with Crippen LogP contribution < -0.4 is 10.2 Å². The normalized spacial score (nSPS) is 10.5. The highest BCUT2D eigenvalue weighted by atomic mass is 16.2. The van der Waals surface area contributed by atoms with Crippen molar-refractivity contribution in [3.8, 4) is 5.69 Å². The molecule has 0 spiro atoms. The summed E-state index contributed by atoms with van der Waals surface area (Å²) in [5.74, 6) is 0.492. The predicted octanol–water partition coefficient (Wildman–Crippen LogP) is 2.29.